The number of carbonyl (C=O) groups excluding carboxylic acids is 3. The van der Waals surface area contributed by atoms with Crippen LogP contribution in [0.2, 0.25) is 5.02 Å². The van der Waals surface area contributed by atoms with Gasteiger partial charge >= 0.3 is 5.97 Å². The molecule has 3 aliphatic heterocycles. The van der Waals surface area contributed by atoms with Gasteiger partial charge in [-0.15, -0.1) is 0 Å². The molecule has 4 atom stereocenters. The number of benzene rings is 1. The molecular weight excluding hydrogens is 572 g/mol. The number of carboxylic acid groups (broad SMARTS) is 1. The molecule has 4 unspecified atom stereocenters. The third kappa shape index (κ3) is 6.38. The van der Waals surface area contributed by atoms with Gasteiger partial charge in [0.2, 0.25) is 11.8 Å². The van der Waals surface area contributed by atoms with Crippen molar-refractivity contribution < 1.29 is 24.3 Å². The Morgan fingerprint density at radius 2 is 1.70 bits per heavy atom. The van der Waals surface area contributed by atoms with Gasteiger partial charge in [0.05, 0.1) is 22.9 Å². The number of likely N-dealkylation sites (tertiary alicyclic amines) is 3. The van der Waals surface area contributed by atoms with Crippen LogP contribution in [0.1, 0.15) is 47.1 Å². The molecule has 2 aromatic rings. The standard InChI is InChI=1S/C31H39ClN6O5/c1-18-6-7-25(11-26(18)32)37(29(40)22-10-27(39)38(16-22)21(4)31(42)43)9-5-8-35-12-23-14-36(15-24(23)13-35)30(41)28-19(2)33-17-34-20(28)3/h6-7,11,17,21-24H,5,8-10,12-16H2,1-4H3,(H,42,43). The van der Waals surface area contributed by atoms with Crippen LogP contribution in [0.4, 0.5) is 5.69 Å². The second-order valence-corrected chi connectivity index (χ2v) is 12.6. The van der Waals surface area contributed by atoms with Crippen molar-refractivity contribution in [1.82, 2.24) is 24.7 Å². The van der Waals surface area contributed by atoms with E-state index in [4.69, 9.17) is 11.6 Å². The maximum Gasteiger partial charge on any atom is 0.326 e. The van der Waals surface area contributed by atoms with Crippen molar-refractivity contribution >= 4 is 41.0 Å². The quantitative estimate of drug-likeness (QED) is 0.459. The molecule has 230 valence electrons. The lowest BCUT2D eigenvalue weighted by molar-refractivity contribution is -0.147. The van der Waals surface area contributed by atoms with Gasteiger partial charge in [0, 0.05) is 56.4 Å². The largest absolute Gasteiger partial charge is 0.480 e. The molecule has 0 radical (unpaired) electrons. The molecule has 1 aromatic carbocycles. The zero-order chi connectivity index (χ0) is 31.0. The van der Waals surface area contributed by atoms with E-state index in [-0.39, 0.29) is 30.7 Å². The van der Waals surface area contributed by atoms with Crippen molar-refractivity contribution in [3.63, 3.8) is 0 Å². The minimum absolute atomic E-state index is 0.00386. The summed E-state index contributed by atoms with van der Waals surface area (Å²) < 4.78 is 0. The molecule has 3 saturated heterocycles. The monoisotopic (exact) mass is 610 g/mol. The normalized spacial score (nSPS) is 22.6. The summed E-state index contributed by atoms with van der Waals surface area (Å²) in [6.45, 7) is 11.6. The predicted molar refractivity (Wildman–Crippen MR) is 161 cm³/mol. The van der Waals surface area contributed by atoms with Gasteiger partial charge in [-0.25, -0.2) is 14.8 Å². The highest BCUT2D eigenvalue weighted by atomic mass is 35.5. The number of halogens is 1. The maximum absolute atomic E-state index is 13.8. The molecular formula is C31H39ClN6O5. The molecule has 3 fully saturated rings. The highest BCUT2D eigenvalue weighted by Gasteiger charge is 2.43. The van der Waals surface area contributed by atoms with E-state index in [0.717, 1.165) is 31.6 Å². The second kappa shape index (κ2) is 12.6. The van der Waals surface area contributed by atoms with Gasteiger partial charge in [0.15, 0.2) is 0 Å². The first-order valence-electron chi connectivity index (χ1n) is 14.8. The zero-order valence-electron chi connectivity index (χ0n) is 25.1. The first-order valence-corrected chi connectivity index (χ1v) is 15.2. The Labute approximate surface area is 256 Å². The molecule has 3 aliphatic rings. The van der Waals surface area contributed by atoms with Crippen molar-refractivity contribution in [2.45, 2.75) is 46.6 Å². The van der Waals surface area contributed by atoms with E-state index in [1.54, 1.807) is 11.0 Å². The van der Waals surface area contributed by atoms with Crippen molar-refractivity contribution in [1.29, 1.82) is 0 Å². The molecule has 12 heteroatoms. The molecule has 11 nitrogen and oxygen atoms in total. The Hall–Kier alpha value is -3.57. The van der Waals surface area contributed by atoms with Gasteiger partial charge in [0.25, 0.3) is 5.91 Å². The number of rotatable bonds is 9. The van der Waals surface area contributed by atoms with E-state index in [1.165, 1.54) is 18.2 Å². The molecule has 0 aliphatic carbocycles. The first kappa shape index (κ1) is 30.9. The fraction of sp³-hybridized carbons (Fsp3) is 0.548. The average Bonchev–Trinajstić information content (AvgIpc) is 3.65. The minimum atomic E-state index is -1.09. The average molecular weight is 611 g/mol. The van der Waals surface area contributed by atoms with Crippen LogP contribution in [0.25, 0.3) is 0 Å². The first-order chi connectivity index (χ1) is 20.4. The van der Waals surface area contributed by atoms with E-state index in [2.05, 4.69) is 14.9 Å². The summed E-state index contributed by atoms with van der Waals surface area (Å²) in [6.07, 6.45) is 2.20. The van der Waals surface area contributed by atoms with E-state index in [0.29, 0.717) is 59.1 Å². The fourth-order valence-electron chi connectivity index (χ4n) is 6.69. The summed E-state index contributed by atoms with van der Waals surface area (Å²) in [7, 11) is 0. The Bertz CT molecular complexity index is 1400. The maximum atomic E-state index is 13.8. The topological polar surface area (TPSA) is 127 Å². The van der Waals surface area contributed by atoms with E-state index in [9.17, 15) is 24.3 Å². The smallest absolute Gasteiger partial charge is 0.326 e. The highest BCUT2D eigenvalue weighted by Crippen LogP contribution is 2.33. The molecule has 0 bridgehead atoms. The summed E-state index contributed by atoms with van der Waals surface area (Å²) in [5.74, 6) is -1.43. The zero-order valence-corrected chi connectivity index (χ0v) is 25.9. The van der Waals surface area contributed by atoms with Crippen LogP contribution in [0, 0.1) is 38.5 Å². The van der Waals surface area contributed by atoms with Crippen molar-refractivity contribution in [3.05, 3.63) is 52.1 Å². The van der Waals surface area contributed by atoms with E-state index >= 15 is 0 Å². The Morgan fingerprint density at radius 3 is 2.30 bits per heavy atom. The van der Waals surface area contributed by atoms with Gasteiger partial charge in [-0.05, 0) is 70.2 Å². The number of fused-ring (bicyclic) bond motifs is 1. The van der Waals surface area contributed by atoms with Crippen LogP contribution in [0.15, 0.2) is 24.5 Å². The predicted octanol–water partition coefficient (Wildman–Crippen LogP) is 2.80. The second-order valence-electron chi connectivity index (χ2n) is 12.1. The van der Waals surface area contributed by atoms with Gasteiger partial charge in [-0.1, -0.05) is 17.7 Å². The highest BCUT2D eigenvalue weighted by molar-refractivity contribution is 6.31. The summed E-state index contributed by atoms with van der Waals surface area (Å²) >= 11 is 6.42. The number of hydrogen-bond acceptors (Lipinski definition) is 7. The van der Waals surface area contributed by atoms with E-state index < -0.39 is 17.9 Å². The van der Waals surface area contributed by atoms with Crippen molar-refractivity contribution in [2.75, 3.05) is 50.7 Å². The lowest BCUT2D eigenvalue weighted by Gasteiger charge is -2.28. The Kier molecular flexibility index (Phi) is 9.03. The number of anilines is 1. The molecule has 0 saturated carbocycles. The van der Waals surface area contributed by atoms with Crippen LogP contribution >= 0.6 is 11.6 Å². The summed E-state index contributed by atoms with van der Waals surface area (Å²) in [5, 5.41) is 9.94. The SMILES string of the molecule is Cc1ccc(N(CCCN2CC3CN(C(=O)c4c(C)ncnc4C)CC3C2)C(=O)C2CC(=O)N(C(C)C(=O)O)C2)cc1Cl. The molecule has 0 spiro atoms. The van der Waals surface area contributed by atoms with Crippen LogP contribution in [0.3, 0.4) is 0 Å². The van der Waals surface area contributed by atoms with Gasteiger partial charge in [0.1, 0.15) is 12.4 Å². The number of aliphatic carboxylic acids is 1. The summed E-state index contributed by atoms with van der Waals surface area (Å²) in [6, 6.07) is 4.52. The van der Waals surface area contributed by atoms with Gasteiger partial charge in [-0.3, -0.25) is 14.4 Å². The summed E-state index contributed by atoms with van der Waals surface area (Å²) in [5.41, 5.74) is 3.58. The van der Waals surface area contributed by atoms with Crippen molar-refractivity contribution in [3.8, 4) is 0 Å². The third-order valence-corrected chi connectivity index (χ3v) is 9.62. The number of hydrogen-bond donors (Lipinski definition) is 1. The van der Waals surface area contributed by atoms with Gasteiger partial charge < -0.3 is 24.7 Å². The Morgan fingerprint density at radius 1 is 1.05 bits per heavy atom. The minimum Gasteiger partial charge on any atom is -0.480 e. The van der Waals surface area contributed by atoms with Gasteiger partial charge in [-0.2, -0.15) is 0 Å². The molecule has 4 heterocycles. The molecule has 1 aromatic heterocycles. The third-order valence-electron chi connectivity index (χ3n) is 9.21. The number of carboxylic acids is 1. The molecule has 43 heavy (non-hydrogen) atoms. The molecule has 3 amide bonds. The van der Waals surface area contributed by atoms with Crippen LogP contribution < -0.4 is 4.90 Å². The lowest BCUT2D eigenvalue weighted by atomic mass is 10.0. The molecule has 5 rings (SSSR count). The van der Waals surface area contributed by atoms with Crippen LogP contribution in [-0.4, -0.2) is 105 Å². The fourth-order valence-corrected chi connectivity index (χ4v) is 6.87. The summed E-state index contributed by atoms with van der Waals surface area (Å²) in [4.78, 5) is 66.8. The lowest BCUT2D eigenvalue weighted by Crippen LogP contribution is -2.42. The van der Waals surface area contributed by atoms with Crippen LogP contribution in [0.5, 0.6) is 0 Å². The number of aromatic nitrogens is 2. The molecule has 1 N–H and O–H groups in total. The van der Waals surface area contributed by atoms with E-state index in [1.807, 2.05) is 37.8 Å². The Balaban J connectivity index is 1.20. The number of amides is 3. The number of nitrogens with zero attached hydrogens (tertiary/aromatic N) is 6. The number of carbonyl (C=O) groups is 4. The number of aryl methyl sites for hydroxylation is 3. The van der Waals surface area contributed by atoms with Crippen LogP contribution in [-0.2, 0) is 14.4 Å². The van der Waals surface area contributed by atoms with Crippen molar-refractivity contribution in [2.24, 2.45) is 17.8 Å².